The summed E-state index contributed by atoms with van der Waals surface area (Å²) in [4.78, 5) is 19.6. The molecule has 0 spiro atoms. The van der Waals surface area contributed by atoms with Gasteiger partial charge < -0.3 is 5.73 Å². The highest BCUT2D eigenvalue weighted by atomic mass is 16.1. The number of rotatable bonds is 3. The van der Waals surface area contributed by atoms with Crippen LogP contribution in [0.3, 0.4) is 0 Å². The molecule has 4 nitrogen and oxygen atoms in total. The number of nitrogen functional groups attached to an aromatic ring is 1. The quantitative estimate of drug-likeness (QED) is 0.234. The summed E-state index contributed by atoms with van der Waals surface area (Å²) >= 11 is 0. The minimum absolute atomic E-state index is 0.0915. The van der Waals surface area contributed by atoms with E-state index in [0.717, 1.165) is 66.1 Å². The van der Waals surface area contributed by atoms with E-state index in [0.29, 0.717) is 16.7 Å². The monoisotopic (exact) mass is 527 g/mol. The molecule has 0 unspecified atom stereocenters. The average molecular weight is 528 g/mol. The minimum atomic E-state index is -0.0915. The highest BCUT2D eigenvalue weighted by molar-refractivity contribution is 6.23. The van der Waals surface area contributed by atoms with E-state index < -0.39 is 0 Å². The predicted octanol–water partition coefficient (Wildman–Crippen LogP) is 8.48. The molecule has 0 bridgehead atoms. The van der Waals surface area contributed by atoms with Crippen molar-refractivity contribution in [2.45, 2.75) is 6.92 Å². The molecule has 8 aromatic rings. The molecule has 0 radical (unpaired) electrons. The summed E-state index contributed by atoms with van der Waals surface area (Å²) in [5.41, 5.74) is 16.9. The first-order valence-electron chi connectivity index (χ1n) is 13.7. The number of fused-ring (bicyclic) bond motifs is 4. The molecule has 0 aliphatic heterocycles. The molecule has 6 aromatic carbocycles. The summed E-state index contributed by atoms with van der Waals surface area (Å²) in [5.74, 6) is 0. The van der Waals surface area contributed by atoms with E-state index in [1.807, 2.05) is 72.8 Å². The van der Waals surface area contributed by atoms with Crippen LogP contribution in [0.1, 0.15) is 5.56 Å². The van der Waals surface area contributed by atoms with Crippen molar-refractivity contribution in [1.82, 2.24) is 9.38 Å². The number of nitrogens with zero attached hydrogens (tertiary/aromatic N) is 2. The topological polar surface area (TPSA) is 60.4 Å². The second kappa shape index (κ2) is 8.77. The van der Waals surface area contributed by atoms with E-state index in [1.54, 1.807) is 4.40 Å². The first-order chi connectivity index (χ1) is 20.1. The van der Waals surface area contributed by atoms with Gasteiger partial charge in [-0.15, -0.1) is 0 Å². The first-order valence-corrected chi connectivity index (χ1v) is 13.7. The summed E-state index contributed by atoms with van der Waals surface area (Å²) in [5, 5.41) is 3.31. The predicted molar refractivity (Wildman–Crippen MR) is 171 cm³/mol. The lowest BCUT2D eigenvalue weighted by atomic mass is 9.91. The molecule has 2 N–H and O–H groups in total. The SMILES string of the molecule is Cc1ccccc1-c1ccc2c(=O)n3c4cc(-c5ccccc5)cc(-c5ccccc5)c4nc3c3ccc(N)c1c23. The standard InChI is InChI=1S/C37H25N3O/c1-22-10-8-9-15-26(22)27-16-17-29-33-28(18-19-31(38)34(27)33)36-39-35-30(24-13-6-3-7-14-24)20-25(23-11-4-2-5-12-23)21-32(35)40(36)37(29)41/h2-21H,38H2,1H3. The molecule has 0 fully saturated rings. The van der Waals surface area contributed by atoms with Crippen molar-refractivity contribution in [3.05, 3.63) is 137 Å². The maximum atomic E-state index is 14.4. The van der Waals surface area contributed by atoms with Gasteiger partial charge in [0.25, 0.3) is 5.56 Å². The van der Waals surface area contributed by atoms with Crippen LogP contribution in [0.5, 0.6) is 0 Å². The number of aromatic nitrogens is 2. The van der Waals surface area contributed by atoms with Gasteiger partial charge in [-0.05, 0) is 70.6 Å². The second-order valence-corrected chi connectivity index (χ2v) is 10.6. The van der Waals surface area contributed by atoms with Crippen molar-refractivity contribution in [1.29, 1.82) is 0 Å². The lowest BCUT2D eigenvalue weighted by molar-refractivity contribution is 1.19. The Kier molecular flexibility index (Phi) is 5.01. The molecule has 0 aliphatic rings. The van der Waals surface area contributed by atoms with Crippen LogP contribution in [0.4, 0.5) is 5.69 Å². The molecular formula is C37H25N3O. The Morgan fingerprint density at radius 3 is 2.05 bits per heavy atom. The van der Waals surface area contributed by atoms with Crippen molar-refractivity contribution < 1.29 is 0 Å². The Morgan fingerprint density at radius 2 is 1.29 bits per heavy atom. The van der Waals surface area contributed by atoms with E-state index in [2.05, 4.69) is 55.5 Å². The lowest BCUT2D eigenvalue weighted by Crippen LogP contribution is -2.13. The summed E-state index contributed by atoms with van der Waals surface area (Å²) in [6, 6.07) is 41.0. The van der Waals surface area contributed by atoms with Gasteiger partial charge >= 0.3 is 0 Å². The van der Waals surface area contributed by atoms with Crippen LogP contribution in [-0.4, -0.2) is 9.38 Å². The van der Waals surface area contributed by atoms with Gasteiger partial charge in [0.15, 0.2) is 0 Å². The largest absolute Gasteiger partial charge is 0.398 e. The normalized spacial score (nSPS) is 11.7. The van der Waals surface area contributed by atoms with Gasteiger partial charge in [0.1, 0.15) is 5.65 Å². The zero-order valence-electron chi connectivity index (χ0n) is 22.4. The van der Waals surface area contributed by atoms with E-state index in [-0.39, 0.29) is 5.56 Å². The van der Waals surface area contributed by atoms with E-state index >= 15 is 0 Å². The Labute approximate surface area is 236 Å². The molecule has 41 heavy (non-hydrogen) atoms. The molecule has 2 heterocycles. The van der Waals surface area contributed by atoms with Gasteiger partial charge in [0, 0.05) is 32.8 Å². The minimum Gasteiger partial charge on any atom is -0.398 e. The third-order valence-corrected chi connectivity index (χ3v) is 8.25. The maximum Gasteiger partial charge on any atom is 0.264 e. The molecule has 0 saturated carbocycles. The van der Waals surface area contributed by atoms with Crippen molar-refractivity contribution in [3.8, 4) is 33.4 Å². The number of aryl methyl sites for hydroxylation is 1. The lowest BCUT2D eigenvalue weighted by Gasteiger charge is -2.15. The Balaban J connectivity index is 1.55. The number of hydrogen-bond acceptors (Lipinski definition) is 3. The average Bonchev–Trinajstić information content (AvgIpc) is 3.41. The highest BCUT2D eigenvalue weighted by Gasteiger charge is 2.22. The molecule has 8 rings (SSSR count). The Morgan fingerprint density at radius 1 is 0.610 bits per heavy atom. The third kappa shape index (κ3) is 3.41. The fraction of sp³-hybridized carbons (Fsp3) is 0.0270. The number of benzene rings is 6. The fourth-order valence-corrected chi connectivity index (χ4v) is 6.31. The molecule has 0 amide bonds. The molecule has 4 heteroatoms. The molecule has 2 aromatic heterocycles. The van der Waals surface area contributed by atoms with Crippen LogP contribution in [0, 0.1) is 6.92 Å². The zero-order chi connectivity index (χ0) is 27.7. The number of pyridine rings is 1. The van der Waals surface area contributed by atoms with Gasteiger partial charge in [-0.2, -0.15) is 0 Å². The molecular weight excluding hydrogens is 502 g/mol. The summed E-state index contributed by atoms with van der Waals surface area (Å²) < 4.78 is 1.79. The van der Waals surface area contributed by atoms with Crippen molar-refractivity contribution in [2.75, 3.05) is 5.73 Å². The zero-order valence-corrected chi connectivity index (χ0v) is 22.4. The summed E-state index contributed by atoms with van der Waals surface area (Å²) in [6.07, 6.45) is 0. The van der Waals surface area contributed by atoms with Crippen LogP contribution in [0.15, 0.2) is 126 Å². The second-order valence-electron chi connectivity index (χ2n) is 10.6. The Hall–Kier alpha value is -5.48. The first kappa shape index (κ1) is 23.4. The van der Waals surface area contributed by atoms with Gasteiger partial charge in [0.2, 0.25) is 0 Å². The molecule has 0 aliphatic carbocycles. The maximum absolute atomic E-state index is 14.4. The molecule has 0 atom stereocenters. The van der Waals surface area contributed by atoms with Crippen LogP contribution >= 0.6 is 0 Å². The summed E-state index contributed by atoms with van der Waals surface area (Å²) in [6.45, 7) is 2.10. The van der Waals surface area contributed by atoms with Crippen LogP contribution in [-0.2, 0) is 0 Å². The van der Waals surface area contributed by atoms with Crippen molar-refractivity contribution in [3.63, 3.8) is 0 Å². The number of imidazole rings is 1. The van der Waals surface area contributed by atoms with E-state index in [1.165, 1.54) is 0 Å². The Bertz CT molecular complexity index is 2340. The van der Waals surface area contributed by atoms with Crippen molar-refractivity contribution >= 4 is 43.9 Å². The molecule has 194 valence electrons. The van der Waals surface area contributed by atoms with Crippen LogP contribution in [0.2, 0.25) is 0 Å². The molecule has 0 saturated heterocycles. The van der Waals surface area contributed by atoms with Gasteiger partial charge in [0.05, 0.1) is 11.0 Å². The highest BCUT2D eigenvalue weighted by Crippen LogP contribution is 2.41. The van der Waals surface area contributed by atoms with E-state index in [4.69, 9.17) is 10.7 Å². The fourth-order valence-electron chi connectivity index (χ4n) is 6.31. The number of hydrogen-bond donors (Lipinski definition) is 1. The number of anilines is 1. The van der Waals surface area contributed by atoms with Gasteiger partial charge in [-0.3, -0.25) is 9.20 Å². The summed E-state index contributed by atoms with van der Waals surface area (Å²) in [7, 11) is 0. The third-order valence-electron chi connectivity index (χ3n) is 8.25. The van der Waals surface area contributed by atoms with Crippen LogP contribution < -0.4 is 11.3 Å². The van der Waals surface area contributed by atoms with E-state index in [9.17, 15) is 4.79 Å². The van der Waals surface area contributed by atoms with Crippen molar-refractivity contribution in [2.24, 2.45) is 0 Å². The number of nitrogens with two attached hydrogens (primary N) is 1. The van der Waals surface area contributed by atoms with Crippen LogP contribution in [0.25, 0.3) is 71.6 Å². The van der Waals surface area contributed by atoms with Gasteiger partial charge in [-0.1, -0.05) is 91.0 Å². The smallest absolute Gasteiger partial charge is 0.264 e. The van der Waals surface area contributed by atoms with Gasteiger partial charge in [-0.25, -0.2) is 4.98 Å².